The van der Waals surface area contributed by atoms with E-state index in [4.69, 9.17) is 4.74 Å². The first-order valence-corrected chi connectivity index (χ1v) is 8.73. The van der Waals surface area contributed by atoms with Crippen molar-refractivity contribution < 1.29 is 13.2 Å². The second-order valence-corrected chi connectivity index (χ2v) is 7.17. The first-order valence-electron chi connectivity index (χ1n) is 7.29. The molecule has 1 heterocycles. The van der Waals surface area contributed by atoms with Crippen molar-refractivity contribution >= 4 is 10.0 Å². The molecule has 1 aromatic carbocycles. The lowest BCUT2D eigenvalue weighted by molar-refractivity contribution is 0.300. The van der Waals surface area contributed by atoms with E-state index in [0.29, 0.717) is 30.3 Å². The normalized spacial score (nSPS) is 16.5. The first-order chi connectivity index (χ1) is 9.55. The third kappa shape index (κ3) is 3.33. The molecule has 5 heteroatoms. The maximum atomic E-state index is 12.7. The lowest BCUT2D eigenvalue weighted by Gasteiger charge is -2.18. The van der Waals surface area contributed by atoms with Gasteiger partial charge in [0.25, 0.3) is 0 Å². The van der Waals surface area contributed by atoms with Crippen LogP contribution in [0.2, 0.25) is 0 Å². The Morgan fingerprint density at radius 1 is 1.25 bits per heavy atom. The molecule has 1 aliphatic heterocycles. The minimum atomic E-state index is -3.42. The van der Waals surface area contributed by atoms with Gasteiger partial charge in [-0.3, -0.25) is 0 Å². The zero-order valence-electron chi connectivity index (χ0n) is 12.3. The predicted octanol–water partition coefficient (Wildman–Crippen LogP) is 2.96. The summed E-state index contributed by atoms with van der Waals surface area (Å²) < 4.78 is 32.6. The molecule has 0 aliphatic carbocycles. The molecule has 0 N–H and O–H groups in total. The Labute approximate surface area is 121 Å². The summed E-state index contributed by atoms with van der Waals surface area (Å²) >= 11 is 0. The minimum absolute atomic E-state index is 0.315. The molecule has 0 saturated carbocycles. The van der Waals surface area contributed by atoms with Gasteiger partial charge in [-0.1, -0.05) is 19.4 Å². The fraction of sp³-hybridized carbons (Fsp3) is 0.600. The third-order valence-electron chi connectivity index (χ3n) is 3.54. The van der Waals surface area contributed by atoms with Gasteiger partial charge in [0.1, 0.15) is 10.6 Å². The van der Waals surface area contributed by atoms with Gasteiger partial charge in [0.05, 0.1) is 6.61 Å². The molecule has 0 amide bonds. The fourth-order valence-electron chi connectivity index (χ4n) is 2.33. The smallest absolute Gasteiger partial charge is 0.246 e. The number of ether oxygens (including phenoxy) is 1. The van der Waals surface area contributed by atoms with Gasteiger partial charge >= 0.3 is 0 Å². The van der Waals surface area contributed by atoms with E-state index in [1.165, 1.54) is 0 Å². The van der Waals surface area contributed by atoms with Crippen LogP contribution < -0.4 is 4.74 Å². The van der Waals surface area contributed by atoms with Crippen LogP contribution in [0.1, 0.15) is 38.2 Å². The van der Waals surface area contributed by atoms with Crippen molar-refractivity contribution in [3.05, 3.63) is 23.8 Å². The van der Waals surface area contributed by atoms with Crippen LogP contribution in [0.5, 0.6) is 5.75 Å². The number of benzene rings is 1. The number of aryl methyl sites for hydroxylation is 1. The van der Waals surface area contributed by atoms with Gasteiger partial charge in [0, 0.05) is 13.1 Å². The standard InChI is InChI=1S/C15H23NO3S/c1-3-4-11-19-14-8-7-13(2)12-15(14)20(17,18)16-9-5-6-10-16/h7-8,12H,3-6,9-11H2,1-2H3. The Kier molecular flexibility index (Phi) is 5.05. The third-order valence-corrected chi connectivity index (χ3v) is 5.46. The van der Waals surface area contributed by atoms with Gasteiger partial charge in [-0.05, 0) is 43.9 Å². The Morgan fingerprint density at radius 3 is 2.60 bits per heavy atom. The highest BCUT2D eigenvalue weighted by Crippen LogP contribution is 2.30. The molecular formula is C15H23NO3S. The van der Waals surface area contributed by atoms with Crippen LogP contribution in [0.4, 0.5) is 0 Å². The van der Waals surface area contributed by atoms with E-state index in [1.807, 2.05) is 13.0 Å². The van der Waals surface area contributed by atoms with Crippen molar-refractivity contribution in [3.63, 3.8) is 0 Å². The lowest BCUT2D eigenvalue weighted by atomic mass is 10.2. The quantitative estimate of drug-likeness (QED) is 0.758. The number of hydrogen-bond donors (Lipinski definition) is 0. The molecule has 0 radical (unpaired) electrons. The molecule has 112 valence electrons. The Hall–Kier alpha value is -1.07. The van der Waals surface area contributed by atoms with E-state index < -0.39 is 10.0 Å². The topological polar surface area (TPSA) is 46.6 Å². The molecule has 0 unspecified atom stereocenters. The summed E-state index contributed by atoms with van der Waals surface area (Å²) in [5.74, 6) is 0.482. The highest BCUT2D eigenvalue weighted by molar-refractivity contribution is 7.89. The van der Waals surface area contributed by atoms with E-state index in [-0.39, 0.29) is 0 Å². The largest absolute Gasteiger partial charge is 0.492 e. The number of nitrogens with zero attached hydrogens (tertiary/aromatic N) is 1. The summed E-state index contributed by atoms with van der Waals surface area (Å²) in [6, 6.07) is 5.38. The molecule has 0 bridgehead atoms. The predicted molar refractivity (Wildman–Crippen MR) is 79.6 cm³/mol. The molecule has 1 fully saturated rings. The summed E-state index contributed by atoms with van der Waals surface area (Å²) in [4.78, 5) is 0.315. The van der Waals surface area contributed by atoms with Crippen molar-refractivity contribution in [3.8, 4) is 5.75 Å². The van der Waals surface area contributed by atoms with Gasteiger partial charge in [0.15, 0.2) is 0 Å². The van der Waals surface area contributed by atoms with Crippen molar-refractivity contribution in [2.45, 2.75) is 44.4 Å². The zero-order chi connectivity index (χ0) is 14.6. The van der Waals surface area contributed by atoms with Crippen LogP contribution in [-0.4, -0.2) is 32.4 Å². The van der Waals surface area contributed by atoms with Gasteiger partial charge in [0.2, 0.25) is 10.0 Å². The van der Waals surface area contributed by atoms with Crippen molar-refractivity contribution in [2.75, 3.05) is 19.7 Å². The molecule has 1 aromatic rings. The average Bonchev–Trinajstić information content (AvgIpc) is 2.95. The molecule has 1 saturated heterocycles. The maximum Gasteiger partial charge on any atom is 0.246 e. The summed E-state index contributed by atoms with van der Waals surface area (Å²) in [7, 11) is -3.42. The van der Waals surface area contributed by atoms with Gasteiger partial charge in [-0.2, -0.15) is 4.31 Å². The molecule has 0 aromatic heterocycles. The SMILES string of the molecule is CCCCOc1ccc(C)cc1S(=O)(=O)N1CCCC1. The van der Waals surface area contributed by atoms with Gasteiger partial charge in [-0.15, -0.1) is 0 Å². The summed E-state index contributed by atoms with van der Waals surface area (Å²) in [6.07, 6.45) is 3.84. The van der Waals surface area contributed by atoms with E-state index in [9.17, 15) is 8.42 Å². The molecule has 1 aliphatic rings. The summed E-state index contributed by atoms with van der Waals surface area (Å²) in [6.45, 7) is 5.77. The first kappa shape index (κ1) is 15.3. The van der Waals surface area contributed by atoms with E-state index in [0.717, 1.165) is 31.2 Å². The van der Waals surface area contributed by atoms with Crippen LogP contribution in [0.25, 0.3) is 0 Å². The number of hydrogen-bond acceptors (Lipinski definition) is 3. The Balaban J connectivity index is 2.30. The summed E-state index contributed by atoms with van der Waals surface area (Å²) in [5.41, 5.74) is 0.936. The lowest BCUT2D eigenvalue weighted by Crippen LogP contribution is -2.28. The van der Waals surface area contributed by atoms with E-state index in [1.54, 1.807) is 16.4 Å². The fourth-order valence-corrected chi connectivity index (χ4v) is 4.06. The summed E-state index contributed by atoms with van der Waals surface area (Å²) in [5, 5.41) is 0. The van der Waals surface area contributed by atoms with Gasteiger partial charge < -0.3 is 4.74 Å². The molecule has 0 spiro atoms. The second-order valence-electron chi connectivity index (χ2n) is 5.26. The van der Waals surface area contributed by atoms with Gasteiger partial charge in [-0.25, -0.2) is 8.42 Å². The van der Waals surface area contributed by atoms with E-state index >= 15 is 0 Å². The Bertz CT molecular complexity index is 548. The monoisotopic (exact) mass is 297 g/mol. The van der Waals surface area contributed by atoms with E-state index in [2.05, 4.69) is 6.92 Å². The van der Waals surface area contributed by atoms with Crippen LogP contribution in [-0.2, 0) is 10.0 Å². The van der Waals surface area contributed by atoms with Crippen LogP contribution in [0.3, 0.4) is 0 Å². The maximum absolute atomic E-state index is 12.7. The highest BCUT2D eigenvalue weighted by atomic mass is 32.2. The molecule has 0 atom stereocenters. The van der Waals surface area contributed by atoms with Crippen LogP contribution in [0, 0.1) is 6.92 Å². The number of sulfonamides is 1. The molecule has 2 rings (SSSR count). The van der Waals surface area contributed by atoms with Crippen LogP contribution >= 0.6 is 0 Å². The van der Waals surface area contributed by atoms with Crippen molar-refractivity contribution in [1.29, 1.82) is 0 Å². The van der Waals surface area contributed by atoms with Crippen molar-refractivity contribution in [1.82, 2.24) is 4.31 Å². The van der Waals surface area contributed by atoms with Crippen LogP contribution in [0.15, 0.2) is 23.1 Å². The van der Waals surface area contributed by atoms with Crippen molar-refractivity contribution in [2.24, 2.45) is 0 Å². The molecule has 4 nitrogen and oxygen atoms in total. The number of rotatable bonds is 6. The molecular weight excluding hydrogens is 274 g/mol. The highest BCUT2D eigenvalue weighted by Gasteiger charge is 2.30. The Morgan fingerprint density at radius 2 is 1.95 bits per heavy atom. The second kappa shape index (κ2) is 6.59. The zero-order valence-corrected chi connectivity index (χ0v) is 13.1. The minimum Gasteiger partial charge on any atom is -0.492 e. The molecule has 20 heavy (non-hydrogen) atoms. The number of unbranched alkanes of at least 4 members (excludes halogenated alkanes) is 1. The average molecular weight is 297 g/mol.